The highest BCUT2D eigenvalue weighted by molar-refractivity contribution is 7.27. The van der Waals surface area contributed by atoms with Crippen molar-refractivity contribution >= 4 is 192 Å². The highest BCUT2D eigenvalue weighted by Crippen LogP contribution is 2.46. The molecule has 21 aromatic carbocycles. The number of furan rings is 3. The summed E-state index contributed by atoms with van der Waals surface area (Å²) < 4.78 is 28.9. The van der Waals surface area contributed by atoms with E-state index in [1.54, 1.807) is 0 Å². The lowest BCUT2D eigenvalue weighted by Gasteiger charge is -2.07. The zero-order valence-electron chi connectivity index (χ0n) is 78.8. The molecule has 0 aliphatic heterocycles. The summed E-state index contributed by atoms with van der Waals surface area (Å²) in [4.78, 5) is 0. The van der Waals surface area contributed by atoms with Gasteiger partial charge in [0.05, 0.1) is 0 Å². The van der Waals surface area contributed by atoms with Gasteiger partial charge in [0.15, 0.2) is 0 Å². The summed E-state index contributed by atoms with van der Waals surface area (Å²) in [6, 6.07) is 166. The zero-order valence-corrected chi connectivity index (χ0v) is 82.1. The Kier molecular flexibility index (Phi) is 25.2. The number of hydrogen-bond donors (Lipinski definition) is 0. The third kappa shape index (κ3) is 18.2. The van der Waals surface area contributed by atoms with Crippen molar-refractivity contribution in [1.82, 2.24) is 0 Å². The fourth-order valence-electron chi connectivity index (χ4n) is 19.4. The summed E-state index contributed by atoms with van der Waals surface area (Å²) in [6.07, 6.45) is 0. The summed E-state index contributed by atoms with van der Waals surface area (Å²) in [7, 11) is 0. The average Bonchev–Trinajstić information content (AvgIpc) is 1.56. The molecule has 7 heteroatoms. The second-order valence-electron chi connectivity index (χ2n) is 36.0. The maximum atomic E-state index is 6.05. The van der Waals surface area contributed by atoms with E-state index in [0.29, 0.717) is 0 Å². The third-order valence-corrected chi connectivity index (χ3v) is 31.1. The van der Waals surface area contributed by atoms with Crippen LogP contribution >= 0.6 is 45.3 Å². The lowest BCUT2D eigenvalue weighted by molar-refractivity contribution is 0.666. The van der Waals surface area contributed by atoms with Crippen LogP contribution < -0.4 is 0 Å². The summed E-state index contributed by atoms with van der Waals surface area (Å²) in [5.41, 5.74) is 32.6. The van der Waals surface area contributed by atoms with Gasteiger partial charge in [0.1, 0.15) is 33.5 Å². The van der Waals surface area contributed by atoms with Gasteiger partial charge in [-0.3, -0.25) is 0 Å². The van der Waals surface area contributed by atoms with Crippen LogP contribution in [0.5, 0.6) is 0 Å². The Hall–Kier alpha value is -16.1. The van der Waals surface area contributed by atoms with Crippen molar-refractivity contribution < 1.29 is 13.3 Å². The van der Waals surface area contributed by atoms with Crippen molar-refractivity contribution in [3.63, 3.8) is 0 Å². The molecule has 7 aromatic heterocycles. The van der Waals surface area contributed by atoms with Crippen LogP contribution in [-0.2, 0) is 0 Å². The van der Waals surface area contributed by atoms with Gasteiger partial charge in [-0.05, 0) is 234 Å². The quantitative estimate of drug-likeness (QED) is 0.160. The summed E-state index contributed by atoms with van der Waals surface area (Å²) in [5.74, 6) is 0. The number of benzene rings is 21. The normalized spacial score (nSPS) is 11.2. The predicted octanol–water partition coefficient (Wildman–Crippen LogP) is 40.8. The molecular weight excluding hydrogens is 1770 g/mol. The van der Waals surface area contributed by atoms with Crippen molar-refractivity contribution in [2.45, 2.75) is 48.5 Å². The molecule has 140 heavy (non-hydrogen) atoms. The Labute approximate surface area is 830 Å². The fourth-order valence-corrected chi connectivity index (χ4v) is 23.9. The Balaban J connectivity index is 0.0000000939. The van der Waals surface area contributed by atoms with Crippen molar-refractivity contribution in [2.24, 2.45) is 0 Å². The van der Waals surface area contributed by atoms with Crippen molar-refractivity contribution in [3.8, 4) is 77.9 Å². The zero-order chi connectivity index (χ0) is 94.7. The first-order chi connectivity index (χ1) is 68.8. The van der Waals surface area contributed by atoms with Gasteiger partial charge in [0, 0.05) is 113 Å². The maximum absolute atomic E-state index is 6.05. The van der Waals surface area contributed by atoms with Gasteiger partial charge >= 0.3 is 0 Å². The van der Waals surface area contributed by atoms with Crippen molar-refractivity contribution in [2.75, 3.05) is 0 Å². The van der Waals surface area contributed by atoms with Gasteiger partial charge in [-0.25, -0.2) is 0 Å². The van der Waals surface area contributed by atoms with Gasteiger partial charge < -0.3 is 13.3 Å². The first-order valence-corrected chi connectivity index (χ1v) is 50.9. The molecule has 0 aliphatic rings. The fraction of sp³-hybridized carbons (Fsp3) is 0.0526. The molecule has 0 fully saturated rings. The first-order valence-electron chi connectivity index (χ1n) is 47.6. The number of aryl methyl sites for hydroxylation is 7. The molecule has 0 amide bonds. The Morgan fingerprint density at radius 3 is 1.01 bits per heavy atom. The summed E-state index contributed by atoms with van der Waals surface area (Å²) in [5, 5.41) is 18.1. The van der Waals surface area contributed by atoms with Crippen molar-refractivity contribution in [3.05, 3.63) is 506 Å². The topological polar surface area (TPSA) is 39.4 Å². The smallest absolute Gasteiger partial charge is 0.138 e. The molecule has 0 N–H and O–H groups in total. The number of thiophene rings is 4. The largest absolute Gasteiger partial charge is 0.456 e. The van der Waals surface area contributed by atoms with Crippen molar-refractivity contribution in [1.29, 1.82) is 0 Å². The molecule has 0 radical (unpaired) electrons. The lowest BCUT2D eigenvalue weighted by atomic mass is 9.96. The molecule has 672 valence electrons. The SMILES string of the molecule is Cc1ccc(-c2ccc3sc4ccccc4c3c2)cc1.Cc1ccc(-c2cccc3c2sc2ccccc23)cc1.Cc1ccc(-c2ccccc2)c2c1oc1ccccc12.Cc1cccc(-c2ccc3sc4ccccc4c3c2)c1.Cc1cccc(-c2cccc3oc4ccccc4c23)c1.Cc1ccccc1-c1ccc2sc3ccccc3c2c1.Cc1ccccc1-c1cccc2oc3ccccc3c12. The van der Waals surface area contributed by atoms with Crippen LogP contribution in [0.2, 0.25) is 0 Å². The highest BCUT2D eigenvalue weighted by atomic mass is 32.1. The third-order valence-electron chi connectivity index (χ3n) is 26.5. The molecule has 0 atom stereocenters. The van der Waals surface area contributed by atoms with E-state index in [1.807, 2.05) is 99.9 Å². The monoisotopic (exact) mass is 1870 g/mol. The minimum Gasteiger partial charge on any atom is -0.456 e. The molecule has 28 rings (SSSR count). The molecule has 0 bridgehead atoms. The maximum Gasteiger partial charge on any atom is 0.138 e. The van der Waals surface area contributed by atoms with Gasteiger partial charge in [-0.2, -0.15) is 0 Å². The molecule has 0 aliphatic carbocycles. The Bertz CT molecular complexity index is 9400. The molecule has 0 unspecified atom stereocenters. The molecule has 0 spiro atoms. The number of rotatable bonds is 7. The number of fused-ring (bicyclic) bond motifs is 21. The van der Waals surface area contributed by atoms with Crippen LogP contribution in [0.4, 0.5) is 0 Å². The van der Waals surface area contributed by atoms with Gasteiger partial charge in [-0.15, -0.1) is 45.3 Å². The molecule has 0 saturated heterocycles. The van der Waals surface area contributed by atoms with Gasteiger partial charge in [0.2, 0.25) is 0 Å². The molecule has 28 aromatic rings. The molecule has 0 saturated carbocycles. The minimum absolute atomic E-state index is 0.947. The summed E-state index contributed by atoms with van der Waals surface area (Å²) >= 11 is 7.49. The van der Waals surface area contributed by atoms with E-state index >= 15 is 0 Å². The second-order valence-corrected chi connectivity index (χ2v) is 40.3. The van der Waals surface area contributed by atoms with Gasteiger partial charge in [0.25, 0.3) is 0 Å². The number of para-hydroxylation sites is 3. The van der Waals surface area contributed by atoms with Crippen LogP contribution in [0.1, 0.15) is 38.9 Å². The standard InChI is InChI=1S/3C19H14O.4C19H14S/c1-13-6-4-7-14(12-13)15-9-5-11-18-19(15)16-8-2-3-10-17(16)20-18;1-13-7-2-3-8-14(13)15-10-6-12-18-19(15)16-9-4-5-11-17(16)20-18;1-13-11-12-15(14-7-3-2-4-8-14)18-16-9-5-6-10-17(16)20-19(13)18;1-13-5-4-6-14(11-13)15-9-10-19-17(12-15)16-7-2-3-8-18(16)20-19;1-13-6-2-3-7-15(13)14-10-11-19-17(12-14)16-8-4-5-9-18(16)20-19;1-13-9-11-14(12-10-13)15-6-4-7-17-16-5-2-3-8-18(16)20-19(15)17;1-13-6-8-14(9-7-13)15-10-11-19-17(12-15)16-4-2-3-5-18(16)20-19/h7*2-12H,1H3. The highest BCUT2D eigenvalue weighted by Gasteiger charge is 2.20. The molecule has 3 nitrogen and oxygen atoms in total. The summed E-state index contributed by atoms with van der Waals surface area (Å²) in [6.45, 7) is 14.9. The lowest BCUT2D eigenvalue weighted by Crippen LogP contribution is -1.83. The Morgan fingerprint density at radius 2 is 0.471 bits per heavy atom. The van der Waals surface area contributed by atoms with Crippen LogP contribution in [0, 0.1) is 48.5 Å². The minimum atomic E-state index is 0.947. The van der Waals surface area contributed by atoms with E-state index in [0.717, 1.165) is 33.5 Å². The average molecular weight is 1870 g/mol. The van der Waals surface area contributed by atoms with E-state index in [9.17, 15) is 0 Å². The molecular formula is C133H98O3S4. The molecule has 7 heterocycles. The van der Waals surface area contributed by atoms with E-state index < -0.39 is 0 Å². The number of hydrogen-bond acceptors (Lipinski definition) is 7. The predicted molar refractivity (Wildman–Crippen MR) is 610 cm³/mol. The van der Waals surface area contributed by atoms with Crippen LogP contribution in [0.25, 0.3) is 224 Å². The van der Waals surface area contributed by atoms with E-state index in [4.69, 9.17) is 13.3 Å². The van der Waals surface area contributed by atoms with Gasteiger partial charge in [-0.1, -0.05) is 398 Å². The Morgan fingerprint density at radius 1 is 0.150 bits per heavy atom. The van der Waals surface area contributed by atoms with Crippen LogP contribution in [0.15, 0.2) is 480 Å². The van der Waals surface area contributed by atoms with E-state index in [1.165, 1.54) is 230 Å². The van der Waals surface area contributed by atoms with Crippen LogP contribution in [0.3, 0.4) is 0 Å². The van der Waals surface area contributed by atoms with E-state index in [2.05, 4.69) is 461 Å². The second kappa shape index (κ2) is 39.5. The van der Waals surface area contributed by atoms with Crippen LogP contribution in [-0.4, -0.2) is 0 Å². The first kappa shape index (κ1) is 89.1. The van der Waals surface area contributed by atoms with E-state index in [-0.39, 0.29) is 0 Å².